The standard InChI is InChI=1S/C12H11N3O4/c16-12-10-7-19-5-4-11(10)13-14(12)8-2-1-3-9(6-8)15(17)18/h1-3,6,10H,4-5,7H2. The topological polar surface area (TPSA) is 85.0 Å². The Bertz CT molecular complexity index is 584. The molecule has 2 aliphatic heterocycles. The number of hydrogen-bond acceptors (Lipinski definition) is 5. The van der Waals surface area contributed by atoms with Gasteiger partial charge in [-0.05, 0) is 6.07 Å². The predicted molar refractivity (Wildman–Crippen MR) is 66.9 cm³/mol. The number of hydrogen-bond donors (Lipinski definition) is 0. The number of fused-ring (bicyclic) bond motifs is 1. The first kappa shape index (κ1) is 11.8. The van der Waals surface area contributed by atoms with Crippen molar-refractivity contribution >= 4 is 23.0 Å². The van der Waals surface area contributed by atoms with E-state index in [4.69, 9.17) is 4.74 Å². The number of rotatable bonds is 2. The van der Waals surface area contributed by atoms with E-state index in [1.54, 1.807) is 12.1 Å². The number of amides is 1. The molecule has 3 rings (SSSR count). The Morgan fingerprint density at radius 3 is 3.05 bits per heavy atom. The number of non-ortho nitro benzene ring substituents is 1. The van der Waals surface area contributed by atoms with Crippen molar-refractivity contribution in [3.63, 3.8) is 0 Å². The van der Waals surface area contributed by atoms with Crippen LogP contribution in [0.1, 0.15) is 6.42 Å². The number of nitro groups is 1. The second-order valence-electron chi connectivity index (χ2n) is 4.40. The molecule has 2 heterocycles. The van der Waals surface area contributed by atoms with Gasteiger partial charge in [-0.15, -0.1) is 0 Å². The second-order valence-corrected chi connectivity index (χ2v) is 4.40. The second kappa shape index (κ2) is 4.43. The maximum absolute atomic E-state index is 12.2. The molecule has 0 saturated carbocycles. The van der Waals surface area contributed by atoms with Gasteiger partial charge in [-0.2, -0.15) is 10.1 Å². The van der Waals surface area contributed by atoms with E-state index in [0.717, 1.165) is 5.71 Å². The van der Waals surface area contributed by atoms with Gasteiger partial charge < -0.3 is 4.74 Å². The van der Waals surface area contributed by atoms with Crippen molar-refractivity contribution < 1.29 is 14.5 Å². The van der Waals surface area contributed by atoms with E-state index in [9.17, 15) is 14.9 Å². The molecule has 7 nitrogen and oxygen atoms in total. The van der Waals surface area contributed by atoms with Crippen molar-refractivity contribution in [3.05, 3.63) is 34.4 Å². The van der Waals surface area contributed by atoms with Crippen LogP contribution in [0.2, 0.25) is 0 Å². The molecular formula is C12H11N3O4. The summed E-state index contributed by atoms with van der Waals surface area (Å²) in [6.07, 6.45) is 0.627. The Hall–Kier alpha value is -2.28. The number of carbonyl (C=O) groups is 1. The van der Waals surface area contributed by atoms with Crippen LogP contribution in [0.3, 0.4) is 0 Å². The average Bonchev–Trinajstić information content (AvgIpc) is 2.77. The molecule has 1 aromatic carbocycles. The fraction of sp³-hybridized carbons (Fsp3) is 0.333. The lowest BCUT2D eigenvalue weighted by molar-refractivity contribution is -0.384. The SMILES string of the molecule is O=C1C2COCCC2=NN1c1cccc([N+](=O)[O-])c1. The molecule has 0 aromatic heterocycles. The summed E-state index contributed by atoms with van der Waals surface area (Å²) in [5.41, 5.74) is 1.15. The number of nitro benzene ring substituents is 1. The highest BCUT2D eigenvalue weighted by molar-refractivity contribution is 6.16. The zero-order chi connectivity index (χ0) is 13.4. The largest absolute Gasteiger partial charge is 0.380 e. The van der Waals surface area contributed by atoms with E-state index in [-0.39, 0.29) is 17.5 Å². The molecule has 1 saturated heterocycles. The van der Waals surface area contributed by atoms with Crippen molar-refractivity contribution in [2.24, 2.45) is 11.0 Å². The number of anilines is 1. The molecule has 98 valence electrons. The number of hydrazone groups is 1. The Morgan fingerprint density at radius 2 is 2.32 bits per heavy atom. The van der Waals surface area contributed by atoms with E-state index in [2.05, 4.69) is 5.10 Å². The predicted octanol–water partition coefficient (Wildman–Crippen LogP) is 1.33. The Kier molecular flexibility index (Phi) is 2.75. The smallest absolute Gasteiger partial charge is 0.271 e. The van der Waals surface area contributed by atoms with Crippen LogP contribution in [0.4, 0.5) is 11.4 Å². The van der Waals surface area contributed by atoms with Crippen LogP contribution < -0.4 is 5.01 Å². The number of benzene rings is 1. The Morgan fingerprint density at radius 1 is 1.47 bits per heavy atom. The molecule has 1 atom stereocenters. The van der Waals surface area contributed by atoms with Crippen molar-refractivity contribution in [2.45, 2.75) is 6.42 Å². The van der Waals surface area contributed by atoms with Crippen molar-refractivity contribution in [1.82, 2.24) is 0 Å². The lowest BCUT2D eigenvalue weighted by Crippen LogP contribution is -2.33. The number of carbonyl (C=O) groups excluding carboxylic acids is 1. The molecule has 0 N–H and O–H groups in total. The monoisotopic (exact) mass is 261 g/mol. The summed E-state index contributed by atoms with van der Waals surface area (Å²) in [4.78, 5) is 22.4. The molecule has 0 radical (unpaired) electrons. The van der Waals surface area contributed by atoms with Gasteiger partial charge in [-0.25, -0.2) is 0 Å². The highest BCUT2D eigenvalue weighted by Crippen LogP contribution is 2.29. The Balaban J connectivity index is 1.94. The third-order valence-electron chi connectivity index (χ3n) is 3.21. The van der Waals surface area contributed by atoms with Crippen LogP contribution in [0, 0.1) is 16.0 Å². The molecule has 1 unspecified atom stereocenters. The normalized spacial score (nSPS) is 22.1. The summed E-state index contributed by atoms with van der Waals surface area (Å²) in [5, 5.41) is 16.2. The van der Waals surface area contributed by atoms with Crippen LogP contribution in [0.5, 0.6) is 0 Å². The van der Waals surface area contributed by atoms with Gasteiger partial charge in [0.1, 0.15) is 5.92 Å². The lowest BCUT2D eigenvalue weighted by Gasteiger charge is -2.17. The van der Waals surface area contributed by atoms with Gasteiger partial charge in [0, 0.05) is 18.6 Å². The molecule has 1 fully saturated rings. The van der Waals surface area contributed by atoms with E-state index >= 15 is 0 Å². The van der Waals surface area contributed by atoms with Gasteiger partial charge >= 0.3 is 0 Å². The van der Waals surface area contributed by atoms with Gasteiger partial charge in [0.25, 0.3) is 11.6 Å². The lowest BCUT2D eigenvalue weighted by atomic mass is 10.0. The van der Waals surface area contributed by atoms with Crippen LogP contribution >= 0.6 is 0 Å². The molecule has 7 heteroatoms. The summed E-state index contributed by atoms with van der Waals surface area (Å²) in [7, 11) is 0. The van der Waals surface area contributed by atoms with Gasteiger partial charge in [-0.3, -0.25) is 14.9 Å². The van der Waals surface area contributed by atoms with Crippen LogP contribution in [0.15, 0.2) is 29.4 Å². The van der Waals surface area contributed by atoms with E-state index in [1.165, 1.54) is 17.1 Å². The van der Waals surface area contributed by atoms with Crippen LogP contribution in [0.25, 0.3) is 0 Å². The third kappa shape index (κ3) is 1.97. The molecule has 19 heavy (non-hydrogen) atoms. The van der Waals surface area contributed by atoms with Crippen LogP contribution in [-0.4, -0.2) is 29.8 Å². The molecule has 1 amide bonds. The average molecular weight is 261 g/mol. The zero-order valence-electron chi connectivity index (χ0n) is 9.98. The molecule has 0 spiro atoms. The highest BCUT2D eigenvalue weighted by Gasteiger charge is 2.38. The first-order valence-electron chi connectivity index (χ1n) is 5.90. The first-order valence-corrected chi connectivity index (χ1v) is 5.90. The van der Waals surface area contributed by atoms with Crippen molar-refractivity contribution in [1.29, 1.82) is 0 Å². The fourth-order valence-electron chi connectivity index (χ4n) is 2.23. The summed E-state index contributed by atoms with van der Waals surface area (Å²) < 4.78 is 5.26. The molecule has 0 bridgehead atoms. The summed E-state index contributed by atoms with van der Waals surface area (Å²) in [6.45, 7) is 0.897. The minimum absolute atomic E-state index is 0.0587. The van der Waals surface area contributed by atoms with Gasteiger partial charge in [0.15, 0.2) is 0 Å². The summed E-state index contributed by atoms with van der Waals surface area (Å²) >= 11 is 0. The zero-order valence-corrected chi connectivity index (χ0v) is 9.98. The maximum Gasteiger partial charge on any atom is 0.271 e. The van der Waals surface area contributed by atoms with Crippen molar-refractivity contribution in [3.8, 4) is 0 Å². The highest BCUT2D eigenvalue weighted by atomic mass is 16.6. The van der Waals surface area contributed by atoms with Gasteiger partial charge in [0.2, 0.25) is 0 Å². The van der Waals surface area contributed by atoms with Gasteiger partial charge in [-0.1, -0.05) is 6.07 Å². The molecule has 1 aromatic rings. The quantitative estimate of drug-likeness (QED) is 0.593. The Labute approximate surface area is 108 Å². The first-order chi connectivity index (χ1) is 9.16. The summed E-state index contributed by atoms with van der Waals surface area (Å²) in [6, 6.07) is 5.90. The molecular weight excluding hydrogens is 250 g/mol. The van der Waals surface area contributed by atoms with Gasteiger partial charge in [0.05, 0.1) is 29.5 Å². The minimum Gasteiger partial charge on any atom is -0.380 e. The van der Waals surface area contributed by atoms with E-state index < -0.39 is 4.92 Å². The fourth-order valence-corrected chi connectivity index (χ4v) is 2.23. The van der Waals surface area contributed by atoms with Crippen LogP contribution in [-0.2, 0) is 9.53 Å². The number of nitrogens with zero attached hydrogens (tertiary/aromatic N) is 3. The van der Waals surface area contributed by atoms with E-state index in [1.807, 2.05) is 0 Å². The number of ether oxygens (including phenoxy) is 1. The summed E-state index contributed by atoms with van der Waals surface area (Å²) in [5.74, 6) is -0.525. The van der Waals surface area contributed by atoms with Crippen molar-refractivity contribution in [2.75, 3.05) is 18.2 Å². The third-order valence-corrected chi connectivity index (χ3v) is 3.21. The maximum atomic E-state index is 12.2. The minimum atomic E-state index is -0.493. The molecule has 0 aliphatic carbocycles. The van der Waals surface area contributed by atoms with E-state index in [0.29, 0.717) is 25.3 Å². The molecule has 2 aliphatic rings.